The van der Waals surface area contributed by atoms with Crippen LogP contribution in [0.25, 0.3) is 0 Å². The Morgan fingerprint density at radius 1 is 1.38 bits per heavy atom. The Morgan fingerprint density at radius 3 is 2.81 bits per heavy atom. The Morgan fingerprint density at radius 2 is 2.12 bits per heavy atom. The van der Waals surface area contributed by atoms with Crippen molar-refractivity contribution in [1.29, 1.82) is 0 Å². The first kappa shape index (κ1) is 11.1. The van der Waals surface area contributed by atoms with Gasteiger partial charge < -0.3 is 15.2 Å². The van der Waals surface area contributed by atoms with Crippen LogP contribution >= 0.6 is 0 Å². The molecule has 0 spiro atoms. The molecule has 0 amide bonds. The summed E-state index contributed by atoms with van der Waals surface area (Å²) in [5.74, 6) is -1.22. The molecule has 2 atom stereocenters. The average molecular weight is 221 g/mol. The van der Waals surface area contributed by atoms with Gasteiger partial charge in [0.25, 0.3) is 0 Å². The topological polar surface area (TPSA) is 58.6 Å². The van der Waals surface area contributed by atoms with E-state index < -0.39 is 11.9 Å². The summed E-state index contributed by atoms with van der Waals surface area (Å²) >= 11 is 0. The fraction of sp³-hybridized carbons (Fsp3) is 0.417. The van der Waals surface area contributed by atoms with E-state index in [9.17, 15) is 4.79 Å². The Balaban J connectivity index is 1.88. The van der Waals surface area contributed by atoms with Crippen molar-refractivity contribution in [3.05, 3.63) is 35.9 Å². The molecule has 1 aliphatic rings. The highest BCUT2D eigenvalue weighted by Gasteiger charge is 2.33. The second-order valence-electron chi connectivity index (χ2n) is 3.94. The van der Waals surface area contributed by atoms with Crippen molar-refractivity contribution in [3.8, 4) is 0 Å². The van der Waals surface area contributed by atoms with Crippen molar-refractivity contribution in [3.63, 3.8) is 0 Å². The molecular weight excluding hydrogens is 206 g/mol. The maximum atomic E-state index is 10.9. The first-order chi connectivity index (χ1) is 7.77. The molecule has 0 radical (unpaired) electrons. The number of hydrogen-bond acceptors (Lipinski definition) is 3. The lowest BCUT2D eigenvalue weighted by Crippen LogP contribution is -2.28. The molecule has 16 heavy (non-hydrogen) atoms. The van der Waals surface area contributed by atoms with Crippen molar-refractivity contribution < 1.29 is 14.6 Å². The van der Waals surface area contributed by atoms with Gasteiger partial charge in [0.1, 0.15) is 0 Å². The highest BCUT2D eigenvalue weighted by atomic mass is 16.5. The molecule has 1 saturated heterocycles. The molecule has 1 fully saturated rings. The number of hydrogen-bond donors (Lipinski definition) is 2. The molecular formula is C12H15NO3. The maximum Gasteiger partial charge on any atom is 0.310 e. The Labute approximate surface area is 94.2 Å². The van der Waals surface area contributed by atoms with Crippen molar-refractivity contribution in [2.75, 3.05) is 13.1 Å². The molecule has 2 unspecified atom stereocenters. The van der Waals surface area contributed by atoms with Crippen molar-refractivity contribution in [1.82, 2.24) is 5.32 Å². The zero-order chi connectivity index (χ0) is 11.4. The Bertz CT molecular complexity index is 353. The number of carboxylic acids is 1. The predicted octanol–water partition coefficient (Wildman–Crippen LogP) is 0.876. The minimum Gasteiger partial charge on any atom is -0.481 e. The van der Waals surface area contributed by atoms with Crippen LogP contribution in [0.2, 0.25) is 0 Å². The highest BCUT2D eigenvalue weighted by Crippen LogP contribution is 2.15. The number of ether oxygens (including phenoxy) is 1. The molecule has 1 aromatic rings. The fourth-order valence-corrected chi connectivity index (χ4v) is 1.85. The van der Waals surface area contributed by atoms with Crippen molar-refractivity contribution >= 4 is 5.97 Å². The summed E-state index contributed by atoms with van der Waals surface area (Å²) in [6.45, 7) is 1.58. The van der Waals surface area contributed by atoms with Gasteiger partial charge in [0.2, 0.25) is 0 Å². The van der Waals surface area contributed by atoms with Crippen LogP contribution in [0.4, 0.5) is 0 Å². The first-order valence-electron chi connectivity index (χ1n) is 5.36. The maximum absolute atomic E-state index is 10.9. The monoisotopic (exact) mass is 221 g/mol. The van der Waals surface area contributed by atoms with E-state index in [1.54, 1.807) is 0 Å². The molecule has 4 nitrogen and oxygen atoms in total. The highest BCUT2D eigenvalue weighted by molar-refractivity contribution is 5.71. The smallest absolute Gasteiger partial charge is 0.310 e. The minimum atomic E-state index is -0.789. The van der Waals surface area contributed by atoms with Gasteiger partial charge in [0.05, 0.1) is 18.6 Å². The van der Waals surface area contributed by atoms with Gasteiger partial charge in [0, 0.05) is 13.1 Å². The van der Waals surface area contributed by atoms with Gasteiger partial charge in [-0.05, 0) is 5.56 Å². The van der Waals surface area contributed by atoms with Crippen LogP contribution in [0, 0.1) is 5.92 Å². The molecule has 0 aromatic heterocycles. The summed E-state index contributed by atoms with van der Waals surface area (Å²) in [7, 11) is 0. The largest absolute Gasteiger partial charge is 0.481 e. The van der Waals surface area contributed by atoms with E-state index >= 15 is 0 Å². The van der Waals surface area contributed by atoms with Gasteiger partial charge in [-0.15, -0.1) is 0 Å². The molecule has 4 heteroatoms. The standard InChI is InChI=1S/C12H15NO3/c14-12(15)10-6-13-7-11(10)16-8-9-4-2-1-3-5-9/h1-5,10-11,13H,6-8H2,(H,14,15). The number of carbonyl (C=O) groups is 1. The third-order valence-corrected chi connectivity index (χ3v) is 2.78. The third kappa shape index (κ3) is 2.59. The average Bonchev–Trinajstić information content (AvgIpc) is 2.76. The molecule has 86 valence electrons. The van der Waals surface area contributed by atoms with Crippen LogP contribution in [-0.2, 0) is 16.1 Å². The molecule has 1 aliphatic heterocycles. The molecule has 1 heterocycles. The molecule has 1 aromatic carbocycles. The predicted molar refractivity (Wildman–Crippen MR) is 59.0 cm³/mol. The van der Waals surface area contributed by atoms with E-state index in [2.05, 4.69) is 5.32 Å². The number of benzene rings is 1. The lowest BCUT2D eigenvalue weighted by molar-refractivity contribution is -0.145. The molecule has 2 N–H and O–H groups in total. The number of rotatable bonds is 4. The number of carboxylic acid groups (broad SMARTS) is 1. The van der Waals surface area contributed by atoms with E-state index in [4.69, 9.17) is 9.84 Å². The second kappa shape index (κ2) is 5.09. The van der Waals surface area contributed by atoms with Gasteiger partial charge in [-0.25, -0.2) is 0 Å². The Kier molecular flexibility index (Phi) is 3.54. The van der Waals surface area contributed by atoms with Crippen LogP contribution < -0.4 is 5.32 Å². The molecule has 0 saturated carbocycles. The van der Waals surface area contributed by atoms with Crippen LogP contribution in [-0.4, -0.2) is 30.3 Å². The summed E-state index contributed by atoms with van der Waals surface area (Å²) < 4.78 is 5.62. The summed E-state index contributed by atoms with van der Waals surface area (Å²) in [6.07, 6.45) is -0.224. The van der Waals surface area contributed by atoms with Gasteiger partial charge >= 0.3 is 5.97 Å². The summed E-state index contributed by atoms with van der Waals surface area (Å²) in [4.78, 5) is 10.9. The molecule has 0 bridgehead atoms. The lowest BCUT2D eigenvalue weighted by Gasteiger charge is -2.15. The number of aliphatic carboxylic acids is 1. The summed E-state index contributed by atoms with van der Waals surface area (Å²) in [5, 5.41) is 12.0. The van der Waals surface area contributed by atoms with E-state index in [0.29, 0.717) is 19.7 Å². The van der Waals surface area contributed by atoms with Crippen molar-refractivity contribution in [2.24, 2.45) is 5.92 Å². The van der Waals surface area contributed by atoms with Gasteiger partial charge in [0.15, 0.2) is 0 Å². The Hall–Kier alpha value is -1.39. The molecule has 2 rings (SSSR count). The van der Waals surface area contributed by atoms with Gasteiger partial charge in [-0.2, -0.15) is 0 Å². The quantitative estimate of drug-likeness (QED) is 0.792. The summed E-state index contributed by atoms with van der Waals surface area (Å²) in [5.41, 5.74) is 1.07. The third-order valence-electron chi connectivity index (χ3n) is 2.78. The van der Waals surface area contributed by atoms with Crippen molar-refractivity contribution in [2.45, 2.75) is 12.7 Å². The molecule has 0 aliphatic carbocycles. The normalized spacial score (nSPS) is 24.5. The van der Waals surface area contributed by atoms with E-state index in [1.807, 2.05) is 30.3 Å². The zero-order valence-electron chi connectivity index (χ0n) is 8.93. The second-order valence-corrected chi connectivity index (χ2v) is 3.94. The van der Waals surface area contributed by atoms with Crippen LogP contribution in [0.1, 0.15) is 5.56 Å². The minimum absolute atomic E-state index is 0.224. The van der Waals surface area contributed by atoms with E-state index in [0.717, 1.165) is 5.56 Å². The zero-order valence-corrected chi connectivity index (χ0v) is 8.93. The van der Waals surface area contributed by atoms with E-state index in [-0.39, 0.29) is 6.10 Å². The first-order valence-corrected chi connectivity index (χ1v) is 5.36. The SMILES string of the molecule is O=C(O)C1CNCC1OCc1ccccc1. The fourth-order valence-electron chi connectivity index (χ4n) is 1.85. The summed E-state index contributed by atoms with van der Waals surface area (Å²) in [6, 6.07) is 9.78. The lowest BCUT2D eigenvalue weighted by atomic mass is 10.1. The van der Waals surface area contributed by atoms with E-state index in [1.165, 1.54) is 0 Å². The van der Waals surface area contributed by atoms with Crippen LogP contribution in [0.3, 0.4) is 0 Å². The number of nitrogens with one attached hydrogen (secondary N) is 1. The van der Waals surface area contributed by atoms with Crippen LogP contribution in [0.5, 0.6) is 0 Å². The van der Waals surface area contributed by atoms with Gasteiger partial charge in [-0.3, -0.25) is 4.79 Å². The van der Waals surface area contributed by atoms with Crippen LogP contribution in [0.15, 0.2) is 30.3 Å². The van der Waals surface area contributed by atoms with Gasteiger partial charge in [-0.1, -0.05) is 30.3 Å².